The smallest absolute Gasteiger partial charge is 0.300 e. The van der Waals surface area contributed by atoms with E-state index in [9.17, 15) is 33.4 Å². The third kappa shape index (κ3) is 3.74. The molecule has 1 heterocycles. The Kier molecular flexibility index (Phi) is 4.52. The molecule has 2 rings (SSSR count). The Bertz CT molecular complexity index is 763. The van der Waals surface area contributed by atoms with E-state index in [0.717, 1.165) is 23.1 Å². The molecule has 0 aromatic heterocycles. The van der Waals surface area contributed by atoms with Crippen LogP contribution in [0.1, 0.15) is 6.42 Å². The highest BCUT2D eigenvalue weighted by molar-refractivity contribution is 8.13. The fraction of sp³-hybridized carbons (Fsp3) is 0.364. The first-order chi connectivity index (χ1) is 10.6. The van der Waals surface area contributed by atoms with E-state index >= 15 is 0 Å². The normalized spacial score (nSPS) is 18.2. The minimum Gasteiger partial charge on any atom is -0.300 e. The molecule has 1 amide bonds. The first kappa shape index (κ1) is 17.1. The van der Waals surface area contributed by atoms with E-state index in [1.54, 1.807) is 0 Å². The molecular weight excluding hydrogens is 354 g/mol. The largest absolute Gasteiger partial charge is 0.300 e. The highest BCUT2D eigenvalue weighted by Crippen LogP contribution is 2.40. The summed E-state index contributed by atoms with van der Waals surface area (Å²) in [5, 5.41) is 22.2. The fourth-order valence-corrected chi connectivity index (χ4v) is 3.80. The zero-order valence-corrected chi connectivity index (χ0v) is 13.0. The van der Waals surface area contributed by atoms with Crippen molar-refractivity contribution in [1.29, 1.82) is 0 Å². The highest BCUT2D eigenvalue weighted by Gasteiger charge is 2.40. The van der Waals surface area contributed by atoms with Gasteiger partial charge in [0, 0.05) is 41.7 Å². The van der Waals surface area contributed by atoms with Gasteiger partial charge in [0.25, 0.3) is 11.4 Å². The van der Waals surface area contributed by atoms with Crippen LogP contribution in [0.25, 0.3) is 0 Å². The standard InChI is InChI=1S/C11H10ClN3O7S/c12-23(21,22)6-7-4-10(16)13(5-7)11-8(14(17)18)2-1-3-9(11)15(19)20/h1-3,7H,4-6H2. The molecule has 1 aromatic carbocycles. The molecule has 1 aromatic rings. The molecule has 23 heavy (non-hydrogen) atoms. The summed E-state index contributed by atoms with van der Waals surface area (Å²) >= 11 is 0. The molecule has 0 bridgehead atoms. The number of carbonyl (C=O) groups excluding carboxylic acids is 1. The monoisotopic (exact) mass is 363 g/mol. The van der Waals surface area contributed by atoms with Crippen molar-refractivity contribution in [2.24, 2.45) is 5.92 Å². The number of anilines is 1. The first-order valence-corrected chi connectivity index (χ1v) is 8.72. The Labute approximate surface area is 134 Å². The summed E-state index contributed by atoms with van der Waals surface area (Å²) < 4.78 is 22.2. The number of amides is 1. The summed E-state index contributed by atoms with van der Waals surface area (Å²) in [5.41, 5.74) is -1.63. The van der Waals surface area contributed by atoms with Gasteiger partial charge in [-0.25, -0.2) is 8.42 Å². The molecule has 1 atom stereocenters. The molecule has 1 aliphatic rings. The summed E-state index contributed by atoms with van der Waals surface area (Å²) in [6.07, 6.45) is -0.213. The van der Waals surface area contributed by atoms with E-state index in [0.29, 0.717) is 0 Å². The number of nitro groups is 2. The maximum Gasteiger partial charge on any atom is 0.300 e. The second-order valence-electron chi connectivity index (χ2n) is 4.94. The number of rotatable bonds is 5. The molecule has 12 heteroatoms. The van der Waals surface area contributed by atoms with Crippen LogP contribution in [-0.2, 0) is 13.8 Å². The van der Waals surface area contributed by atoms with Crippen LogP contribution in [0.4, 0.5) is 17.1 Å². The predicted molar refractivity (Wildman–Crippen MR) is 79.9 cm³/mol. The molecule has 0 N–H and O–H groups in total. The van der Waals surface area contributed by atoms with E-state index in [4.69, 9.17) is 10.7 Å². The van der Waals surface area contributed by atoms with E-state index in [1.807, 2.05) is 0 Å². The van der Waals surface area contributed by atoms with Crippen molar-refractivity contribution in [3.05, 3.63) is 38.4 Å². The molecule has 0 aliphatic carbocycles. The minimum atomic E-state index is -3.86. The van der Waals surface area contributed by atoms with E-state index in [-0.39, 0.29) is 13.0 Å². The molecular formula is C11H10ClN3O7S. The summed E-state index contributed by atoms with van der Waals surface area (Å²) in [6.45, 7) is -0.198. The summed E-state index contributed by atoms with van der Waals surface area (Å²) in [6, 6.07) is 3.23. The van der Waals surface area contributed by atoms with Crippen LogP contribution >= 0.6 is 10.7 Å². The van der Waals surface area contributed by atoms with Gasteiger partial charge in [0.2, 0.25) is 20.6 Å². The molecule has 0 spiro atoms. The number of nitro benzene ring substituents is 2. The number of benzene rings is 1. The Hall–Kier alpha value is -2.27. The van der Waals surface area contributed by atoms with Crippen LogP contribution in [0.15, 0.2) is 18.2 Å². The molecule has 0 radical (unpaired) electrons. The zero-order valence-electron chi connectivity index (χ0n) is 11.4. The number of halogens is 1. The van der Waals surface area contributed by atoms with Gasteiger partial charge >= 0.3 is 0 Å². The van der Waals surface area contributed by atoms with Crippen LogP contribution in [0.3, 0.4) is 0 Å². The van der Waals surface area contributed by atoms with Crippen LogP contribution < -0.4 is 4.90 Å². The average molecular weight is 364 g/mol. The van der Waals surface area contributed by atoms with Gasteiger partial charge in [-0.15, -0.1) is 0 Å². The maximum atomic E-state index is 12.1. The topological polar surface area (TPSA) is 141 Å². The molecule has 1 unspecified atom stereocenters. The van der Waals surface area contributed by atoms with Crippen LogP contribution in [-0.4, -0.2) is 36.5 Å². The second kappa shape index (κ2) is 6.08. The van der Waals surface area contributed by atoms with Crippen LogP contribution in [0.2, 0.25) is 0 Å². The number of hydrogen-bond acceptors (Lipinski definition) is 7. The second-order valence-corrected chi connectivity index (χ2v) is 7.76. The van der Waals surface area contributed by atoms with Crippen molar-refractivity contribution in [3.8, 4) is 0 Å². The SMILES string of the molecule is O=C1CC(CS(=O)(=O)Cl)CN1c1c([N+](=O)[O-])cccc1[N+](=O)[O-]. The van der Waals surface area contributed by atoms with Crippen molar-refractivity contribution in [2.45, 2.75) is 6.42 Å². The summed E-state index contributed by atoms with van der Waals surface area (Å²) in [4.78, 5) is 33.5. The maximum absolute atomic E-state index is 12.1. The van der Waals surface area contributed by atoms with Crippen molar-refractivity contribution >= 4 is 42.7 Å². The molecule has 1 saturated heterocycles. The highest BCUT2D eigenvalue weighted by atomic mass is 35.7. The van der Waals surface area contributed by atoms with Gasteiger partial charge in [-0.2, -0.15) is 0 Å². The van der Waals surface area contributed by atoms with Gasteiger partial charge in [0.1, 0.15) is 0 Å². The average Bonchev–Trinajstić information content (AvgIpc) is 2.75. The lowest BCUT2D eigenvalue weighted by Gasteiger charge is -2.16. The number of hydrogen-bond donors (Lipinski definition) is 0. The van der Waals surface area contributed by atoms with Crippen LogP contribution in [0, 0.1) is 26.1 Å². The van der Waals surface area contributed by atoms with Gasteiger partial charge < -0.3 is 4.90 Å². The Morgan fingerprint density at radius 1 is 1.22 bits per heavy atom. The zero-order chi connectivity index (χ0) is 17.4. The van der Waals surface area contributed by atoms with Gasteiger partial charge in [-0.3, -0.25) is 25.0 Å². The van der Waals surface area contributed by atoms with Crippen molar-refractivity contribution in [2.75, 3.05) is 17.2 Å². The van der Waals surface area contributed by atoms with Gasteiger partial charge in [-0.05, 0) is 6.07 Å². The molecule has 1 fully saturated rings. The quantitative estimate of drug-likeness (QED) is 0.437. The number of para-hydroxylation sites is 1. The third-order valence-corrected chi connectivity index (χ3v) is 4.54. The Morgan fingerprint density at radius 3 is 2.17 bits per heavy atom. The summed E-state index contributed by atoms with van der Waals surface area (Å²) in [5.74, 6) is -1.82. The molecule has 10 nitrogen and oxygen atoms in total. The predicted octanol–water partition coefficient (Wildman–Crippen LogP) is 1.42. The Morgan fingerprint density at radius 2 is 1.74 bits per heavy atom. The van der Waals surface area contributed by atoms with Crippen molar-refractivity contribution in [1.82, 2.24) is 0 Å². The van der Waals surface area contributed by atoms with Crippen molar-refractivity contribution in [3.63, 3.8) is 0 Å². The Balaban J connectivity index is 2.47. The lowest BCUT2D eigenvalue weighted by atomic mass is 10.1. The van der Waals surface area contributed by atoms with Gasteiger partial charge in [0.05, 0.1) is 15.6 Å². The third-order valence-electron chi connectivity index (χ3n) is 3.30. The lowest BCUT2D eigenvalue weighted by Crippen LogP contribution is -2.27. The van der Waals surface area contributed by atoms with Crippen LogP contribution in [0.5, 0.6) is 0 Å². The van der Waals surface area contributed by atoms with Gasteiger partial charge in [-0.1, -0.05) is 0 Å². The fourth-order valence-electron chi connectivity index (χ4n) is 2.48. The minimum absolute atomic E-state index is 0.198. The molecule has 124 valence electrons. The summed E-state index contributed by atoms with van der Waals surface area (Å²) in [7, 11) is 1.28. The van der Waals surface area contributed by atoms with E-state index in [1.165, 1.54) is 0 Å². The number of carbonyl (C=O) groups is 1. The molecule has 0 saturated carbocycles. The van der Waals surface area contributed by atoms with Gasteiger partial charge in [0.15, 0.2) is 0 Å². The van der Waals surface area contributed by atoms with E-state index in [2.05, 4.69) is 0 Å². The number of nitrogens with zero attached hydrogens (tertiary/aromatic N) is 3. The lowest BCUT2D eigenvalue weighted by molar-refractivity contribution is -0.392. The van der Waals surface area contributed by atoms with Crippen molar-refractivity contribution < 1.29 is 23.1 Å². The first-order valence-electron chi connectivity index (χ1n) is 6.24. The molecule has 1 aliphatic heterocycles. The van der Waals surface area contributed by atoms with E-state index < -0.39 is 53.5 Å².